The zero-order chi connectivity index (χ0) is 25.2. The van der Waals surface area contributed by atoms with Gasteiger partial charge in [0, 0.05) is 27.8 Å². The van der Waals surface area contributed by atoms with E-state index in [1.807, 2.05) is 73.7 Å². The Kier molecular flexibility index (Phi) is 6.26. The first kappa shape index (κ1) is 23.3. The monoisotopic (exact) mass is 496 g/mol. The standard InChI is InChI=1S/C28H24N4O3S/c1-16-9-7-14-22(30-16)32-27(33)26-24(29)23-19(18-12-8-13-21(34-2)25(18)35-3)15-20(31-28(23)36-26)17-10-5-4-6-11-17/h4-15H,29H2,1-3H3,(H,30,32,33). The van der Waals surface area contributed by atoms with E-state index in [0.717, 1.165) is 28.1 Å². The number of nitrogens with one attached hydrogen (secondary N) is 1. The Labute approximate surface area is 212 Å². The molecule has 0 saturated carbocycles. The molecule has 36 heavy (non-hydrogen) atoms. The number of hydrogen-bond acceptors (Lipinski definition) is 7. The zero-order valence-electron chi connectivity index (χ0n) is 20.0. The Bertz CT molecular complexity index is 1580. The average Bonchev–Trinajstić information content (AvgIpc) is 3.24. The minimum absolute atomic E-state index is 0.335. The molecule has 3 aromatic heterocycles. The van der Waals surface area contributed by atoms with Gasteiger partial charge in [0.05, 0.1) is 25.6 Å². The smallest absolute Gasteiger partial charge is 0.269 e. The van der Waals surface area contributed by atoms with E-state index in [-0.39, 0.29) is 5.91 Å². The van der Waals surface area contributed by atoms with Crippen molar-refractivity contribution in [2.45, 2.75) is 6.92 Å². The molecular weight excluding hydrogens is 472 g/mol. The van der Waals surface area contributed by atoms with Crippen LogP contribution in [0.5, 0.6) is 11.5 Å². The van der Waals surface area contributed by atoms with Crippen molar-refractivity contribution >= 4 is 39.0 Å². The number of carbonyl (C=O) groups excluding carboxylic acids is 1. The third-order valence-corrected chi connectivity index (χ3v) is 6.90. The van der Waals surface area contributed by atoms with Crippen LogP contribution in [0.3, 0.4) is 0 Å². The molecule has 5 rings (SSSR count). The Morgan fingerprint density at radius 1 is 0.917 bits per heavy atom. The molecule has 0 spiro atoms. The fraction of sp³-hybridized carbons (Fsp3) is 0.107. The lowest BCUT2D eigenvalue weighted by Gasteiger charge is -2.15. The number of nitrogens with zero attached hydrogens (tertiary/aromatic N) is 2. The molecule has 5 aromatic rings. The van der Waals surface area contributed by atoms with Gasteiger partial charge in [0.2, 0.25) is 0 Å². The second kappa shape index (κ2) is 9.67. The number of fused-ring (bicyclic) bond motifs is 1. The summed E-state index contributed by atoms with van der Waals surface area (Å²) in [4.78, 5) is 23.5. The number of ether oxygens (including phenoxy) is 2. The number of benzene rings is 2. The Morgan fingerprint density at radius 2 is 1.69 bits per heavy atom. The molecule has 0 aliphatic rings. The van der Waals surface area contributed by atoms with E-state index in [0.29, 0.717) is 38.1 Å². The second-order valence-electron chi connectivity index (χ2n) is 8.11. The fourth-order valence-electron chi connectivity index (χ4n) is 4.14. The SMILES string of the molecule is COc1cccc(-c2cc(-c3ccccc3)nc3sc(C(=O)Nc4cccc(C)n4)c(N)c23)c1OC. The molecule has 0 aliphatic heterocycles. The molecule has 0 saturated heterocycles. The van der Waals surface area contributed by atoms with Gasteiger partial charge in [-0.05, 0) is 31.2 Å². The molecule has 1 amide bonds. The van der Waals surface area contributed by atoms with Crippen molar-refractivity contribution in [3.05, 3.63) is 83.4 Å². The highest BCUT2D eigenvalue weighted by Crippen LogP contribution is 2.46. The number of anilines is 2. The molecule has 7 nitrogen and oxygen atoms in total. The first-order chi connectivity index (χ1) is 17.5. The van der Waals surface area contributed by atoms with E-state index in [2.05, 4.69) is 10.3 Å². The largest absolute Gasteiger partial charge is 0.493 e. The van der Waals surface area contributed by atoms with Crippen molar-refractivity contribution in [2.75, 3.05) is 25.3 Å². The van der Waals surface area contributed by atoms with Gasteiger partial charge in [0.25, 0.3) is 5.91 Å². The summed E-state index contributed by atoms with van der Waals surface area (Å²) in [6.07, 6.45) is 0. The van der Waals surface area contributed by atoms with Gasteiger partial charge in [-0.1, -0.05) is 48.5 Å². The molecular formula is C28H24N4O3S. The number of nitrogen functional groups attached to an aromatic ring is 1. The maximum atomic E-state index is 13.2. The van der Waals surface area contributed by atoms with Crippen LogP contribution < -0.4 is 20.5 Å². The minimum Gasteiger partial charge on any atom is -0.493 e. The van der Waals surface area contributed by atoms with Crippen molar-refractivity contribution in [3.8, 4) is 33.9 Å². The van der Waals surface area contributed by atoms with Gasteiger partial charge in [-0.3, -0.25) is 4.79 Å². The van der Waals surface area contributed by atoms with Gasteiger partial charge in [-0.25, -0.2) is 9.97 Å². The lowest BCUT2D eigenvalue weighted by atomic mass is 9.98. The number of amides is 1. The summed E-state index contributed by atoms with van der Waals surface area (Å²) < 4.78 is 11.3. The predicted octanol–water partition coefficient (Wildman–Crippen LogP) is 6.19. The summed E-state index contributed by atoms with van der Waals surface area (Å²) in [7, 11) is 3.20. The van der Waals surface area contributed by atoms with E-state index in [1.54, 1.807) is 20.3 Å². The number of aromatic nitrogens is 2. The normalized spacial score (nSPS) is 10.9. The van der Waals surface area contributed by atoms with E-state index in [4.69, 9.17) is 20.2 Å². The lowest BCUT2D eigenvalue weighted by molar-refractivity contribution is 0.103. The number of para-hydroxylation sites is 1. The Morgan fingerprint density at radius 3 is 2.42 bits per heavy atom. The molecule has 3 heterocycles. The summed E-state index contributed by atoms with van der Waals surface area (Å²) in [6, 6.07) is 23.0. The second-order valence-corrected chi connectivity index (χ2v) is 9.10. The highest BCUT2D eigenvalue weighted by Gasteiger charge is 2.24. The first-order valence-electron chi connectivity index (χ1n) is 11.2. The van der Waals surface area contributed by atoms with Crippen LogP contribution in [0, 0.1) is 6.92 Å². The number of hydrogen-bond donors (Lipinski definition) is 2. The molecule has 0 unspecified atom stereocenters. The summed E-state index contributed by atoms with van der Waals surface area (Å²) in [5.74, 6) is 1.30. The number of thiophene rings is 1. The van der Waals surface area contributed by atoms with Crippen LogP contribution in [-0.2, 0) is 0 Å². The number of nitrogens with two attached hydrogens (primary N) is 1. The summed E-state index contributed by atoms with van der Waals surface area (Å²) in [5.41, 5.74) is 11.1. The third-order valence-electron chi connectivity index (χ3n) is 5.80. The zero-order valence-corrected chi connectivity index (χ0v) is 20.8. The topological polar surface area (TPSA) is 99.4 Å². The summed E-state index contributed by atoms with van der Waals surface area (Å²) in [6.45, 7) is 1.87. The molecule has 0 aliphatic carbocycles. The van der Waals surface area contributed by atoms with Crippen LogP contribution in [0.1, 0.15) is 15.4 Å². The van der Waals surface area contributed by atoms with Crippen LogP contribution in [-0.4, -0.2) is 30.1 Å². The lowest BCUT2D eigenvalue weighted by Crippen LogP contribution is -2.13. The minimum atomic E-state index is -0.335. The van der Waals surface area contributed by atoms with Gasteiger partial charge in [-0.15, -0.1) is 11.3 Å². The van der Waals surface area contributed by atoms with Gasteiger partial charge in [0.1, 0.15) is 15.5 Å². The van der Waals surface area contributed by atoms with E-state index >= 15 is 0 Å². The van der Waals surface area contributed by atoms with E-state index in [9.17, 15) is 4.79 Å². The number of pyridine rings is 2. The molecule has 0 radical (unpaired) electrons. The Balaban J connectivity index is 1.73. The van der Waals surface area contributed by atoms with Crippen LogP contribution in [0.15, 0.2) is 72.8 Å². The summed E-state index contributed by atoms with van der Waals surface area (Å²) in [5, 5.41) is 3.54. The molecule has 2 aromatic carbocycles. The average molecular weight is 497 g/mol. The molecule has 0 fully saturated rings. The maximum absolute atomic E-state index is 13.2. The summed E-state index contributed by atoms with van der Waals surface area (Å²) >= 11 is 1.25. The van der Waals surface area contributed by atoms with Crippen molar-refractivity contribution in [3.63, 3.8) is 0 Å². The number of carbonyl (C=O) groups is 1. The quantitative estimate of drug-likeness (QED) is 0.291. The van der Waals surface area contributed by atoms with Crippen LogP contribution in [0.4, 0.5) is 11.5 Å². The number of aryl methyl sites for hydroxylation is 1. The van der Waals surface area contributed by atoms with Gasteiger partial charge in [0.15, 0.2) is 11.5 Å². The molecule has 8 heteroatoms. The van der Waals surface area contributed by atoms with Crippen LogP contribution >= 0.6 is 11.3 Å². The van der Waals surface area contributed by atoms with Crippen LogP contribution in [0.25, 0.3) is 32.6 Å². The molecule has 3 N–H and O–H groups in total. The van der Waals surface area contributed by atoms with Gasteiger partial charge < -0.3 is 20.5 Å². The molecule has 180 valence electrons. The van der Waals surface area contributed by atoms with Gasteiger partial charge >= 0.3 is 0 Å². The Hall–Kier alpha value is -4.43. The predicted molar refractivity (Wildman–Crippen MR) is 145 cm³/mol. The van der Waals surface area contributed by atoms with E-state index in [1.165, 1.54) is 11.3 Å². The number of methoxy groups -OCH3 is 2. The van der Waals surface area contributed by atoms with Gasteiger partial charge in [-0.2, -0.15) is 0 Å². The van der Waals surface area contributed by atoms with Crippen molar-refractivity contribution in [2.24, 2.45) is 0 Å². The fourth-order valence-corrected chi connectivity index (χ4v) is 5.16. The number of rotatable bonds is 6. The highest BCUT2D eigenvalue weighted by atomic mass is 32.1. The van der Waals surface area contributed by atoms with Crippen molar-refractivity contribution in [1.29, 1.82) is 0 Å². The van der Waals surface area contributed by atoms with Crippen molar-refractivity contribution < 1.29 is 14.3 Å². The molecule has 0 atom stereocenters. The van der Waals surface area contributed by atoms with Crippen LogP contribution in [0.2, 0.25) is 0 Å². The van der Waals surface area contributed by atoms with E-state index < -0.39 is 0 Å². The highest BCUT2D eigenvalue weighted by molar-refractivity contribution is 7.21. The maximum Gasteiger partial charge on any atom is 0.269 e. The molecule has 0 bridgehead atoms. The third kappa shape index (κ3) is 4.23. The first-order valence-corrected chi connectivity index (χ1v) is 12.1. The van der Waals surface area contributed by atoms with Crippen molar-refractivity contribution in [1.82, 2.24) is 9.97 Å².